The zero-order chi connectivity index (χ0) is 13.2. The standard InChI is InChI=1S/C11H13ClN2O3S/c12-18(16,17)8-9-3-1-2-4-10(9)14-6-5-13-11(15)7-14/h1-4H,5-8H2,(H,13,15). The van der Waals surface area contributed by atoms with E-state index in [1.54, 1.807) is 18.2 Å². The van der Waals surface area contributed by atoms with Crippen molar-refractivity contribution in [1.82, 2.24) is 5.32 Å². The number of hydrogen-bond acceptors (Lipinski definition) is 4. The van der Waals surface area contributed by atoms with Gasteiger partial charge in [0.05, 0.1) is 12.3 Å². The maximum absolute atomic E-state index is 11.3. The third-order valence-electron chi connectivity index (χ3n) is 2.70. The Morgan fingerprint density at radius 2 is 2.06 bits per heavy atom. The summed E-state index contributed by atoms with van der Waals surface area (Å²) in [4.78, 5) is 13.2. The summed E-state index contributed by atoms with van der Waals surface area (Å²) in [5, 5.41) is 2.72. The van der Waals surface area contributed by atoms with E-state index < -0.39 is 9.05 Å². The van der Waals surface area contributed by atoms with Gasteiger partial charge in [0.15, 0.2) is 0 Å². The lowest BCUT2D eigenvalue weighted by atomic mass is 10.1. The first-order chi connectivity index (χ1) is 8.46. The molecule has 0 atom stereocenters. The number of carbonyl (C=O) groups excluding carboxylic acids is 1. The van der Waals surface area contributed by atoms with Crippen LogP contribution in [-0.2, 0) is 19.6 Å². The summed E-state index contributed by atoms with van der Waals surface area (Å²) < 4.78 is 22.3. The lowest BCUT2D eigenvalue weighted by molar-refractivity contribution is -0.120. The molecule has 1 fully saturated rings. The fraction of sp³-hybridized carbons (Fsp3) is 0.364. The molecule has 1 aromatic rings. The Labute approximate surface area is 110 Å². The first-order valence-electron chi connectivity index (χ1n) is 5.47. The summed E-state index contributed by atoms with van der Waals surface area (Å²) >= 11 is 0. The summed E-state index contributed by atoms with van der Waals surface area (Å²) in [5.41, 5.74) is 1.36. The zero-order valence-corrected chi connectivity index (χ0v) is 11.2. The van der Waals surface area contributed by atoms with Gasteiger partial charge in [-0.1, -0.05) is 18.2 Å². The number of anilines is 1. The summed E-state index contributed by atoms with van der Waals surface area (Å²) in [6.45, 7) is 1.45. The first kappa shape index (κ1) is 13.2. The van der Waals surface area contributed by atoms with Crippen molar-refractivity contribution in [1.29, 1.82) is 0 Å². The molecule has 1 aromatic carbocycles. The average Bonchev–Trinajstić information content (AvgIpc) is 2.27. The average molecular weight is 289 g/mol. The highest BCUT2D eigenvalue weighted by Crippen LogP contribution is 2.23. The highest BCUT2D eigenvalue weighted by molar-refractivity contribution is 8.13. The number of para-hydroxylation sites is 1. The van der Waals surface area contributed by atoms with Crippen LogP contribution in [0.25, 0.3) is 0 Å². The molecule has 1 amide bonds. The van der Waals surface area contributed by atoms with Crippen molar-refractivity contribution < 1.29 is 13.2 Å². The van der Waals surface area contributed by atoms with Crippen LogP contribution in [0, 0.1) is 0 Å². The third kappa shape index (κ3) is 3.36. The highest BCUT2D eigenvalue weighted by Gasteiger charge is 2.20. The largest absolute Gasteiger partial charge is 0.360 e. The molecule has 1 aliphatic rings. The van der Waals surface area contributed by atoms with E-state index in [1.165, 1.54) is 0 Å². The van der Waals surface area contributed by atoms with Crippen LogP contribution in [0.3, 0.4) is 0 Å². The smallest absolute Gasteiger partial charge is 0.239 e. The monoisotopic (exact) mass is 288 g/mol. The number of hydrogen-bond donors (Lipinski definition) is 1. The minimum atomic E-state index is -3.61. The van der Waals surface area contributed by atoms with Crippen molar-refractivity contribution in [3.8, 4) is 0 Å². The van der Waals surface area contributed by atoms with Gasteiger partial charge >= 0.3 is 0 Å². The third-order valence-corrected chi connectivity index (χ3v) is 3.68. The molecule has 2 rings (SSSR count). The number of benzene rings is 1. The minimum absolute atomic E-state index is 0.0650. The van der Waals surface area contributed by atoms with E-state index in [4.69, 9.17) is 10.7 Å². The molecule has 0 bridgehead atoms. The van der Waals surface area contributed by atoms with Crippen LogP contribution in [0.2, 0.25) is 0 Å². The maximum Gasteiger partial charge on any atom is 0.239 e. The molecule has 7 heteroatoms. The van der Waals surface area contributed by atoms with Crippen LogP contribution in [0.1, 0.15) is 5.56 Å². The Bertz CT molecular complexity index is 559. The zero-order valence-electron chi connectivity index (χ0n) is 9.60. The molecule has 18 heavy (non-hydrogen) atoms. The lowest BCUT2D eigenvalue weighted by Gasteiger charge is -2.30. The van der Waals surface area contributed by atoms with E-state index in [-0.39, 0.29) is 18.2 Å². The normalized spacial score (nSPS) is 16.5. The van der Waals surface area contributed by atoms with Crippen molar-refractivity contribution in [3.63, 3.8) is 0 Å². The Balaban J connectivity index is 2.29. The second kappa shape index (κ2) is 5.16. The molecule has 5 nitrogen and oxygen atoms in total. The van der Waals surface area contributed by atoms with E-state index in [9.17, 15) is 13.2 Å². The first-order valence-corrected chi connectivity index (χ1v) is 7.95. The molecule has 0 unspecified atom stereocenters. The van der Waals surface area contributed by atoms with E-state index >= 15 is 0 Å². The van der Waals surface area contributed by atoms with Gasteiger partial charge in [-0.05, 0) is 11.6 Å². The van der Waals surface area contributed by atoms with Gasteiger partial charge in [0.25, 0.3) is 0 Å². The topological polar surface area (TPSA) is 66.5 Å². The quantitative estimate of drug-likeness (QED) is 0.831. The highest BCUT2D eigenvalue weighted by atomic mass is 35.7. The number of halogens is 1. The van der Waals surface area contributed by atoms with Gasteiger partial charge in [0.1, 0.15) is 0 Å². The Kier molecular flexibility index (Phi) is 3.77. The van der Waals surface area contributed by atoms with Gasteiger partial charge in [-0.25, -0.2) is 8.42 Å². The van der Waals surface area contributed by atoms with Crippen molar-refractivity contribution in [3.05, 3.63) is 29.8 Å². The molecule has 0 radical (unpaired) electrons. The van der Waals surface area contributed by atoms with Crippen LogP contribution in [-0.4, -0.2) is 34.0 Å². The molecule has 0 spiro atoms. The van der Waals surface area contributed by atoms with Gasteiger partial charge in [0, 0.05) is 29.5 Å². The molecule has 1 saturated heterocycles. The summed E-state index contributed by atoms with van der Waals surface area (Å²) in [5.74, 6) is -0.298. The fourth-order valence-corrected chi connectivity index (χ4v) is 2.94. The maximum atomic E-state index is 11.3. The van der Waals surface area contributed by atoms with Crippen molar-refractivity contribution in [2.24, 2.45) is 0 Å². The van der Waals surface area contributed by atoms with Gasteiger partial charge in [-0.3, -0.25) is 4.79 Å². The van der Waals surface area contributed by atoms with Crippen LogP contribution in [0.5, 0.6) is 0 Å². The summed E-state index contributed by atoms with van der Waals surface area (Å²) in [6.07, 6.45) is 0. The van der Waals surface area contributed by atoms with Gasteiger partial charge < -0.3 is 10.2 Å². The molecular formula is C11H13ClN2O3S. The number of amides is 1. The van der Waals surface area contributed by atoms with E-state index in [1.807, 2.05) is 11.0 Å². The molecule has 1 N–H and O–H groups in total. The van der Waals surface area contributed by atoms with E-state index in [0.717, 1.165) is 5.69 Å². The van der Waals surface area contributed by atoms with E-state index in [2.05, 4.69) is 5.32 Å². The number of carbonyl (C=O) groups is 1. The molecule has 1 heterocycles. The Hall–Kier alpha value is -1.27. The number of nitrogens with zero attached hydrogens (tertiary/aromatic N) is 1. The van der Waals surface area contributed by atoms with Crippen LogP contribution in [0.15, 0.2) is 24.3 Å². The number of nitrogens with one attached hydrogen (secondary N) is 1. The SMILES string of the molecule is O=C1CN(c2ccccc2CS(=O)(=O)Cl)CCN1. The van der Waals surface area contributed by atoms with Crippen molar-refractivity contribution in [2.75, 3.05) is 24.5 Å². The second-order valence-corrected chi connectivity index (χ2v) is 6.86. The lowest BCUT2D eigenvalue weighted by Crippen LogP contribution is -2.48. The van der Waals surface area contributed by atoms with E-state index in [0.29, 0.717) is 18.7 Å². The molecule has 0 saturated carbocycles. The van der Waals surface area contributed by atoms with Crippen molar-refractivity contribution in [2.45, 2.75) is 5.75 Å². The number of rotatable bonds is 3. The van der Waals surface area contributed by atoms with Crippen LogP contribution in [0.4, 0.5) is 5.69 Å². The molecule has 0 aliphatic carbocycles. The second-order valence-electron chi connectivity index (χ2n) is 4.08. The van der Waals surface area contributed by atoms with Gasteiger partial charge in [-0.2, -0.15) is 0 Å². The van der Waals surface area contributed by atoms with Crippen LogP contribution >= 0.6 is 10.7 Å². The predicted octanol–water partition coefficient (Wildman–Crippen LogP) is 0.691. The minimum Gasteiger partial charge on any atom is -0.360 e. The summed E-state index contributed by atoms with van der Waals surface area (Å²) in [7, 11) is 1.67. The summed E-state index contributed by atoms with van der Waals surface area (Å²) in [6, 6.07) is 7.08. The fourth-order valence-electron chi connectivity index (χ4n) is 1.97. The van der Waals surface area contributed by atoms with Gasteiger partial charge in [-0.15, -0.1) is 0 Å². The Morgan fingerprint density at radius 3 is 2.72 bits per heavy atom. The predicted molar refractivity (Wildman–Crippen MR) is 70.1 cm³/mol. The Morgan fingerprint density at radius 1 is 1.33 bits per heavy atom. The number of piperazine rings is 1. The molecule has 98 valence electrons. The van der Waals surface area contributed by atoms with Crippen molar-refractivity contribution >= 4 is 31.3 Å². The molecular weight excluding hydrogens is 276 g/mol. The molecule has 0 aromatic heterocycles. The van der Waals surface area contributed by atoms with Crippen LogP contribution < -0.4 is 10.2 Å². The van der Waals surface area contributed by atoms with Gasteiger partial charge in [0.2, 0.25) is 15.0 Å². The molecule has 1 aliphatic heterocycles.